The molecule has 4 nitrogen and oxygen atoms in total. The summed E-state index contributed by atoms with van der Waals surface area (Å²) in [6.07, 6.45) is 0. The SMILES string of the molecule is CNC(=Nc1cc(C)c(Oc2snc(C(C)(C)C)c2Cl)cc1C)C(C)C. The number of amidine groups is 1. The number of nitrogens with one attached hydrogen (secondary N) is 1. The molecule has 1 N–H and O–H groups in total. The first-order valence-electron chi connectivity index (χ1n) is 8.75. The van der Waals surface area contributed by atoms with E-state index in [1.165, 1.54) is 11.5 Å². The highest BCUT2D eigenvalue weighted by Gasteiger charge is 2.25. The van der Waals surface area contributed by atoms with Gasteiger partial charge in [-0.1, -0.05) is 46.2 Å². The Labute approximate surface area is 165 Å². The summed E-state index contributed by atoms with van der Waals surface area (Å²) in [6.45, 7) is 14.6. The summed E-state index contributed by atoms with van der Waals surface area (Å²) in [7, 11) is 1.90. The smallest absolute Gasteiger partial charge is 0.219 e. The highest BCUT2D eigenvalue weighted by Crippen LogP contribution is 2.42. The van der Waals surface area contributed by atoms with Gasteiger partial charge in [0.25, 0.3) is 0 Å². The second-order valence-electron chi connectivity index (χ2n) is 7.79. The number of rotatable bonds is 4. The molecule has 0 spiro atoms. The molecule has 1 aromatic heterocycles. The molecule has 0 aliphatic carbocycles. The summed E-state index contributed by atoms with van der Waals surface area (Å²) < 4.78 is 10.6. The van der Waals surface area contributed by atoms with E-state index in [9.17, 15) is 0 Å². The van der Waals surface area contributed by atoms with E-state index in [-0.39, 0.29) is 5.41 Å². The number of hydrogen-bond acceptors (Lipinski definition) is 4. The van der Waals surface area contributed by atoms with E-state index in [1.54, 1.807) is 0 Å². The lowest BCUT2D eigenvalue weighted by Gasteiger charge is -2.16. The summed E-state index contributed by atoms with van der Waals surface area (Å²) >= 11 is 7.79. The Morgan fingerprint density at radius 2 is 1.88 bits per heavy atom. The first kappa shape index (κ1) is 20.7. The molecular weight excluding hydrogens is 366 g/mol. The van der Waals surface area contributed by atoms with Gasteiger partial charge in [-0.15, -0.1) is 0 Å². The molecule has 0 saturated carbocycles. The normalized spacial score (nSPS) is 12.6. The summed E-state index contributed by atoms with van der Waals surface area (Å²) in [6, 6.07) is 4.05. The van der Waals surface area contributed by atoms with Gasteiger partial charge in [-0.25, -0.2) is 4.99 Å². The average molecular weight is 394 g/mol. The van der Waals surface area contributed by atoms with Crippen LogP contribution in [0.3, 0.4) is 0 Å². The van der Waals surface area contributed by atoms with E-state index in [0.717, 1.165) is 34.1 Å². The van der Waals surface area contributed by atoms with Crippen LogP contribution in [0.2, 0.25) is 5.02 Å². The van der Waals surface area contributed by atoms with Gasteiger partial charge < -0.3 is 10.1 Å². The molecule has 0 atom stereocenters. The first-order chi connectivity index (χ1) is 12.0. The van der Waals surface area contributed by atoms with E-state index in [2.05, 4.69) is 44.3 Å². The fourth-order valence-corrected chi connectivity index (χ4v) is 3.86. The van der Waals surface area contributed by atoms with Gasteiger partial charge in [0.05, 0.1) is 11.4 Å². The van der Waals surface area contributed by atoms with Crippen LogP contribution in [0.4, 0.5) is 5.69 Å². The summed E-state index contributed by atoms with van der Waals surface area (Å²) in [5, 5.41) is 4.40. The molecular formula is C20H28ClN3OS. The van der Waals surface area contributed by atoms with Gasteiger partial charge in [-0.2, -0.15) is 4.37 Å². The zero-order valence-electron chi connectivity index (χ0n) is 16.8. The van der Waals surface area contributed by atoms with E-state index in [1.807, 2.05) is 33.0 Å². The second kappa shape index (κ2) is 7.97. The van der Waals surface area contributed by atoms with E-state index in [0.29, 0.717) is 16.0 Å². The highest BCUT2D eigenvalue weighted by molar-refractivity contribution is 7.08. The molecule has 1 aromatic carbocycles. The fraction of sp³-hybridized carbons (Fsp3) is 0.500. The maximum atomic E-state index is 6.50. The predicted octanol–water partition coefficient (Wildman–Crippen LogP) is 6.41. The third-order valence-electron chi connectivity index (χ3n) is 4.06. The number of aryl methyl sites for hydroxylation is 2. The third-order valence-corrected chi connectivity index (χ3v) is 5.25. The van der Waals surface area contributed by atoms with Gasteiger partial charge in [-0.05, 0) is 37.1 Å². The maximum absolute atomic E-state index is 6.50. The average Bonchev–Trinajstić information content (AvgIpc) is 2.89. The van der Waals surface area contributed by atoms with Crippen molar-refractivity contribution >= 4 is 34.7 Å². The predicted molar refractivity (Wildman–Crippen MR) is 113 cm³/mol. The number of ether oxygens (including phenoxy) is 1. The van der Waals surface area contributed by atoms with Crippen LogP contribution in [0, 0.1) is 19.8 Å². The Kier molecular flexibility index (Phi) is 6.35. The minimum Gasteiger partial charge on any atom is -0.443 e. The minimum atomic E-state index is -0.112. The van der Waals surface area contributed by atoms with Crippen LogP contribution < -0.4 is 10.1 Å². The quantitative estimate of drug-likeness (QED) is 0.482. The van der Waals surface area contributed by atoms with Crippen molar-refractivity contribution in [2.45, 2.75) is 53.9 Å². The molecule has 0 unspecified atom stereocenters. The van der Waals surface area contributed by atoms with Crippen molar-refractivity contribution in [3.63, 3.8) is 0 Å². The van der Waals surface area contributed by atoms with Crippen LogP contribution in [-0.2, 0) is 5.41 Å². The molecule has 2 aromatic rings. The number of aromatic nitrogens is 1. The number of hydrogen-bond donors (Lipinski definition) is 1. The van der Waals surface area contributed by atoms with Crippen molar-refractivity contribution in [1.82, 2.24) is 9.69 Å². The molecule has 0 aliphatic rings. The van der Waals surface area contributed by atoms with Crippen molar-refractivity contribution in [1.29, 1.82) is 0 Å². The van der Waals surface area contributed by atoms with Crippen LogP contribution in [-0.4, -0.2) is 17.3 Å². The molecule has 2 rings (SSSR count). The molecule has 1 heterocycles. The molecule has 0 saturated heterocycles. The van der Waals surface area contributed by atoms with Gasteiger partial charge in [0.15, 0.2) is 0 Å². The summed E-state index contributed by atoms with van der Waals surface area (Å²) in [4.78, 5) is 4.75. The van der Waals surface area contributed by atoms with Gasteiger partial charge in [-0.3, -0.25) is 0 Å². The molecule has 6 heteroatoms. The van der Waals surface area contributed by atoms with Gasteiger partial charge in [0.2, 0.25) is 5.06 Å². The number of aliphatic imine (C=N–C) groups is 1. The van der Waals surface area contributed by atoms with Gasteiger partial charge >= 0.3 is 0 Å². The van der Waals surface area contributed by atoms with Gasteiger partial charge in [0.1, 0.15) is 16.6 Å². The first-order valence-corrected chi connectivity index (χ1v) is 9.90. The Morgan fingerprint density at radius 3 is 2.38 bits per heavy atom. The van der Waals surface area contributed by atoms with E-state index < -0.39 is 0 Å². The lowest BCUT2D eigenvalue weighted by Crippen LogP contribution is -2.23. The van der Waals surface area contributed by atoms with Gasteiger partial charge in [0, 0.05) is 29.9 Å². The Hall–Kier alpha value is -1.59. The third kappa shape index (κ3) is 4.57. The molecule has 142 valence electrons. The van der Waals surface area contributed by atoms with E-state index in [4.69, 9.17) is 21.3 Å². The van der Waals surface area contributed by atoms with Crippen molar-refractivity contribution in [2.75, 3.05) is 7.05 Å². The van der Waals surface area contributed by atoms with Crippen molar-refractivity contribution < 1.29 is 4.74 Å². The highest BCUT2D eigenvalue weighted by atomic mass is 35.5. The Morgan fingerprint density at radius 1 is 1.23 bits per heavy atom. The second-order valence-corrected chi connectivity index (χ2v) is 8.90. The van der Waals surface area contributed by atoms with Crippen molar-refractivity contribution in [3.05, 3.63) is 34.0 Å². The number of benzene rings is 1. The van der Waals surface area contributed by atoms with E-state index >= 15 is 0 Å². The van der Waals surface area contributed by atoms with Crippen molar-refractivity contribution in [3.8, 4) is 10.8 Å². The van der Waals surface area contributed by atoms with Crippen molar-refractivity contribution in [2.24, 2.45) is 10.9 Å². The summed E-state index contributed by atoms with van der Waals surface area (Å²) in [5.41, 5.74) is 3.76. The Bertz CT molecular complexity index is 819. The Balaban J connectivity index is 2.36. The zero-order valence-corrected chi connectivity index (χ0v) is 18.4. The largest absolute Gasteiger partial charge is 0.443 e. The van der Waals surface area contributed by atoms with Crippen LogP contribution in [0.25, 0.3) is 0 Å². The lowest BCUT2D eigenvalue weighted by atomic mass is 9.92. The fourth-order valence-electron chi connectivity index (χ4n) is 2.50. The van der Waals surface area contributed by atoms with Crippen LogP contribution in [0.5, 0.6) is 10.8 Å². The number of nitrogens with zero attached hydrogens (tertiary/aromatic N) is 2. The minimum absolute atomic E-state index is 0.112. The zero-order chi connectivity index (χ0) is 19.6. The summed E-state index contributed by atoms with van der Waals surface area (Å²) in [5.74, 6) is 2.08. The standard InChI is InChI=1S/C20H28ClN3OS/c1-11(2)18(22-8)23-14-9-13(4)15(10-12(14)3)25-19-16(21)17(24-26-19)20(5,6)7/h9-11H,1-8H3,(H,22,23). The van der Waals surface area contributed by atoms with Crippen LogP contribution >= 0.6 is 23.1 Å². The molecule has 0 amide bonds. The molecule has 0 radical (unpaired) electrons. The van der Waals surface area contributed by atoms with Crippen LogP contribution in [0.1, 0.15) is 51.4 Å². The molecule has 0 aliphatic heterocycles. The molecule has 26 heavy (non-hydrogen) atoms. The molecule has 0 bridgehead atoms. The maximum Gasteiger partial charge on any atom is 0.219 e. The van der Waals surface area contributed by atoms with Crippen LogP contribution in [0.15, 0.2) is 17.1 Å². The lowest BCUT2D eigenvalue weighted by molar-refractivity contribution is 0.490. The number of halogens is 1. The topological polar surface area (TPSA) is 46.5 Å². The monoisotopic (exact) mass is 393 g/mol. The molecule has 0 fully saturated rings.